The number of aryl methyl sites for hydroxylation is 1. The van der Waals surface area contributed by atoms with Gasteiger partial charge < -0.3 is 4.90 Å². The molecule has 13 heavy (non-hydrogen) atoms. The molecule has 72 valence electrons. The van der Waals surface area contributed by atoms with Crippen molar-refractivity contribution >= 4 is 0 Å². The Morgan fingerprint density at radius 3 is 2.92 bits per heavy atom. The van der Waals surface area contributed by atoms with E-state index in [0.717, 1.165) is 0 Å². The molecule has 0 N–H and O–H groups in total. The normalized spacial score (nSPS) is 24.9. The smallest absolute Gasteiger partial charge is 0.0492 e. The van der Waals surface area contributed by atoms with Gasteiger partial charge in [-0.1, -0.05) is 0 Å². The van der Waals surface area contributed by atoms with Gasteiger partial charge in [-0.25, -0.2) is 0 Å². The summed E-state index contributed by atoms with van der Waals surface area (Å²) in [7, 11) is 4.23. The molecule has 2 heterocycles. The maximum Gasteiger partial charge on any atom is 0.0492 e. The van der Waals surface area contributed by atoms with Gasteiger partial charge in [0.1, 0.15) is 0 Å². The number of nitrogens with zero attached hydrogens (tertiary/aromatic N) is 3. The van der Waals surface area contributed by atoms with Crippen LogP contribution >= 0.6 is 0 Å². The van der Waals surface area contributed by atoms with E-state index in [0.29, 0.717) is 5.92 Å². The molecule has 0 amide bonds. The largest absolute Gasteiger partial charge is 0.306 e. The second-order valence-electron chi connectivity index (χ2n) is 3.98. The van der Waals surface area contributed by atoms with E-state index in [1.165, 1.54) is 31.6 Å². The molecule has 3 nitrogen and oxygen atoms in total. The van der Waals surface area contributed by atoms with E-state index >= 15 is 0 Å². The minimum atomic E-state index is 0.686. The topological polar surface area (TPSA) is 21.1 Å². The van der Waals surface area contributed by atoms with E-state index in [2.05, 4.69) is 23.1 Å². The molecule has 1 aliphatic rings. The lowest BCUT2D eigenvalue weighted by Crippen LogP contribution is -2.31. The second kappa shape index (κ2) is 3.50. The van der Waals surface area contributed by atoms with Crippen LogP contribution in [-0.4, -0.2) is 34.8 Å². The van der Waals surface area contributed by atoms with Gasteiger partial charge in [0.25, 0.3) is 0 Å². The van der Waals surface area contributed by atoms with Gasteiger partial charge in [-0.05, 0) is 32.5 Å². The Labute approximate surface area is 79.3 Å². The minimum Gasteiger partial charge on any atom is -0.306 e. The molecule has 1 unspecified atom stereocenters. The average molecular weight is 179 g/mol. The molecule has 2 rings (SSSR count). The van der Waals surface area contributed by atoms with Crippen LogP contribution in [0.2, 0.25) is 0 Å². The Hall–Kier alpha value is -0.830. The van der Waals surface area contributed by atoms with Crippen molar-refractivity contribution in [3.8, 4) is 0 Å². The Balaban J connectivity index is 2.12. The fourth-order valence-electron chi connectivity index (χ4n) is 2.19. The molecule has 1 fully saturated rings. The summed E-state index contributed by atoms with van der Waals surface area (Å²) in [4.78, 5) is 2.40. The van der Waals surface area contributed by atoms with Crippen molar-refractivity contribution in [3.05, 3.63) is 18.0 Å². The van der Waals surface area contributed by atoms with E-state index < -0.39 is 0 Å². The molecule has 0 radical (unpaired) electrons. The van der Waals surface area contributed by atoms with Crippen molar-refractivity contribution in [2.45, 2.75) is 18.8 Å². The number of likely N-dealkylation sites (N-methyl/N-ethyl adjacent to an activating group) is 1. The third-order valence-electron chi connectivity index (χ3n) is 2.90. The molecule has 1 aromatic rings. The zero-order valence-electron chi connectivity index (χ0n) is 8.40. The van der Waals surface area contributed by atoms with E-state index in [1.807, 2.05) is 17.9 Å². The Morgan fingerprint density at radius 2 is 2.31 bits per heavy atom. The molecule has 0 bridgehead atoms. The molecule has 3 heteroatoms. The Morgan fingerprint density at radius 1 is 1.46 bits per heavy atom. The average Bonchev–Trinajstić information content (AvgIpc) is 2.51. The fraction of sp³-hybridized carbons (Fsp3) is 0.700. The summed E-state index contributed by atoms with van der Waals surface area (Å²) in [6.45, 7) is 2.42. The van der Waals surface area contributed by atoms with Crippen molar-refractivity contribution in [1.29, 1.82) is 0 Å². The SMILES string of the molecule is CN1CCCC(c2ccnn2C)C1. The van der Waals surface area contributed by atoms with Crippen LogP contribution in [0.25, 0.3) is 0 Å². The molecule has 0 spiro atoms. The van der Waals surface area contributed by atoms with Crippen molar-refractivity contribution < 1.29 is 0 Å². The number of rotatable bonds is 1. The van der Waals surface area contributed by atoms with Crippen molar-refractivity contribution in [3.63, 3.8) is 0 Å². The molecule has 0 aliphatic carbocycles. The zero-order valence-corrected chi connectivity index (χ0v) is 8.40. The lowest BCUT2D eigenvalue weighted by Gasteiger charge is -2.29. The summed E-state index contributed by atoms with van der Waals surface area (Å²) >= 11 is 0. The summed E-state index contributed by atoms with van der Waals surface area (Å²) in [5, 5.41) is 4.22. The monoisotopic (exact) mass is 179 g/mol. The molecular formula is C10H17N3. The minimum absolute atomic E-state index is 0.686. The first-order chi connectivity index (χ1) is 6.27. The van der Waals surface area contributed by atoms with Crippen LogP contribution in [0.4, 0.5) is 0 Å². The molecule has 0 saturated carbocycles. The predicted octanol–water partition coefficient (Wildman–Crippen LogP) is 1.23. The molecular weight excluding hydrogens is 162 g/mol. The van der Waals surface area contributed by atoms with Crippen molar-refractivity contribution in [1.82, 2.24) is 14.7 Å². The van der Waals surface area contributed by atoms with E-state index in [-0.39, 0.29) is 0 Å². The van der Waals surface area contributed by atoms with Gasteiger partial charge in [0.05, 0.1) is 0 Å². The highest BCUT2D eigenvalue weighted by atomic mass is 15.3. The van der Waals surface area contributed by atoms with Gasteiger partial charge in [-0.15, -0.1) is 0 Å². The second-order valence-corrected chi connectivity index (χ2v) is 3.98. The Kier molecular flexibility index (Phi) is 2.36. The first kappa shape index (κ1) is 8.75. The highest BCUT2D eigenvalue weighted by Gasteiger charge is 2.20. The summed E-state index contributed by atoms with van der Waals surface area (Å²) in [6.07, 6.45) is 4.51. The van der Waals surface area contributed by atoms with Gasteiger partial charge in [0.15, 0.2) is 0 Å². The van der Waals surface area contributed by atoms with E-state index in [1.54, 1.807) is 0 Å². The van der Waals surface area contributed by atoms with Gasteiger partial charge in [-0.3, -0.25) is 4.68 Å². The van der Waals surface area contributed by atoms with Crippen LogP contribution in [0.5, 0.6) is 0 Å². The summed E-state index contributed by atoms with van der Waals surface area (Å²) in [5.74, 6) is 0.686. The lowest BCUT2D eigenvalue weighted by molar-refractivity contribution is 0.245. The summed E-state index contributed by atoms with van der Waals surface area (Å²) < 4.78 is 2.00. The molecule has 1 aromatic heterocycles. The van der Waals surface area contributed by atoms with Crippen molar-refractivity contribution in [2.75, 3.05) is 20.1 Å². The molecule has 1 atom stereocenters. The summed E-state index contributed by atoms with van der Waals surface area (Å²) in [5.41, 5.74) is 1.38. The maximum absolute atomic E-state index is 4.22. The number of hydrogen-bond donors (Lipinski definition) is 0. The molecule has 1 saturated heterocycles. The van der Waals surface area contributed by atoms with Crippen LogP contribution in [0.1, 0.15) is 24.5 Å². The standard InChI is InChI=1S/C10H17N3/c1-12-7-3-4-9(8-12)10-5-6-11-13(10)2/h5-6,9H,3-4,7-8H2,1-2H3. The third kappa shape index (κ3) is 1.75. The zero-order chi connectivity index (χ0) is 9.26. The predicted molar refractivity (Wildman–Crippen MR) is 52.7 cm³/mol. The van der Waals surface area contributed by atoms with Crippen LogP contribution in [-0.2, 0) is 7.05 Å². The first-order valence-electron chi connectivity index (χ1n) is 4.94. The third-order valence-corrected chi connectivity index (χ3v) is 2.90. The van der Waals surface area contributed by atoms with Crippen LogP contribution in [0.15, 0.2) is 12.3 Å². The first-order valence-corrected chi connectivity index (χ1v) is 4.94. The Bertz CT molecular complexity index is 279. The molecule has 0 aromatic carbocycles. The highest BCUT2D eigenvalue weighted by molar-refractivity contribution is 5.09. The maximum atomic E-state index is 4.22. The number of likely N-dealkylation sites (tertiary alicyclic amines) is 1. The number of piperidine rings is 1. The quantitative estimate of drug-likeness (QED) is 0.646. The number of aromatic nitrogens is 2. The van der Waals surface area contributed by atoms with Crippen molar-refractivity contribution in [2.24, 2.45) is 7.05 Å². The van der Waals surface area contributed by atoms with Gasteiger partial charge in [0.2, 0.25) is 0 Å². The number of hydrogen-bond acceptors (Lipinski definition) is 2. The van der Waals surface area contributed by atoms with Crippen LogP contribution in [0.3, 0.4) is 0 Å². The molecule has 1 aliphatic heterocycles. The lowest BCUT2D eigenvalue weighted by atomic mass is 9.95. The van der Waals surface area contributed by atoms with Gasteiger partial charge >= 0.3 is 0 Å². The van der Waals surface area contributed by atoms with Gasteiger partial charge in [-0.2, -0.15) is 5.10 Å². The fourth-order valence-corrected chi connectivity index (χ4v) is 2.19. The van der Waals surface area contributed by atoms with E-state index in [4.69, 9.17) is 0 Å². The summed E-state index contributed by atoms with van der Waals surface area (Å²) in [6, 6.07) is 2.14. The van der Waals surface area contributed by atoms with Crippen LogP contribution in [0, 0.1) is 0 Å². The van der Waals surface area contributed by atoms with Gasteiger partial charge in [0, 0.05) is 31.4 Å². The highest BCUT2D eigenvalue weighted by Crippen LogP contribution is 2.25. The van der Waals surface area contributed by atoms with E-state index in [9.17, 15) is 0 Å². The van der Waals surface area contributed by atoms with Crippen LogP contribution < -0.4 is 0 Å².